The Labute approximate surface area is 120 Å². The maximum Gasteiger partial charge on any atom is 0.328 e. The zero-order valence-electron chi connectivity index (χ0n) is 12.2. The van der Waals surface area contributed by atoms with Gasteiger partial charge in [0.25, 0.3) is 0 Å². The van der Waals surface area contributed by atoms with Crippen LogP contribution in [0.3, 0.4) is 0 Å². The van der Waals surface area contributed by atoms with E-state index in [1.165, 1.54) is 6.21 Å². The molecule has 0 aliphatic rings. The molecule has 0 aliphatic heterocycles. The van der Waals surface area contributed by atoms with Gasteiger partial charge < -0.3 is 4.74 Å². The van der Waals surface area contributed by atoms with Crippen molar-refractivity contribution in [2.45, 2.75) is 33.6 Å². The molecule has 1 aromatic rings. The number of esters is 1. The number of rotatable bonds is 6. The van der Waals surface area contributed by atoms with E-state index in [2.05, 4.69) is 18.8 Å². The number of nitrogens with zero attached hydrogens (tertiary/aromatic N) is 2. The second-order valence-corrected chi connectivity index (χ2v) is 4.27. The Bertz CT molecular complexity index is 508. The van der Waals surface area contributed by atoms with E-state index in [9.17, 15) is 4.79 Å². The number of hydrogen-bond donors (Lipinski definition) is 0. The molecular weight excluding hydrogens is 252 g/mol. The van der Waals surface area contributed by atoms with Crippen LogP contribution in [-0.2, 0) is 22.4 Å². The van der Waals surface area contributed by atoms with Crippen molar-refractivity contribution in [3.8, 4) is 6.07 Å². The third-order valence-corrected chi connectivity index (χ3v) is 3.00. The number of para-hydroxylation sites is 1. The van der Waals surface area contributed by atoms with Crippen LogP contribution in [0.25, 0.3) is 0 Å². The summed E-state index contributed by atoms with van der Waals surface area (Å²) in [5.74, 6) is -1.50. The Morgan fingerprint density at radius 1 is 1.35 bits per heavy atom. The topological polar surface area (TPSA) is 62.5 Å². The van der Waals surface area contributed by atoms with Crippen molar-refractivity contribution < 1.29 is 9.53 Å². The standard InChI is InChI=1S/C16H20N2O2/c1-4-12-8-7-9-13(5-2)15(12)18-11-14(10-17)16(19)20-6-3/h7-9,11,14H,4-6H2,1-3H3. The summed E-state index contributed by atoms with van der Waals surface area (Å²) in [7, 11) is 0. The molecule has 0 spiro atoms. The summed E-state index contributed by atoms with van der Waals surface area (Å²) in [6.45, 7) is 6.09. The molecule has 1 atom stereocenters. The van der Waals surface area contributed by atoms with E-state index in [1.54, 1.807) is 6.92 Å². The molecule has 1 rings (SSSR count). The fourth-order valence-corrected chi connectivity index (χ4v) is 1.91. The number of carbonyl (C=O) groups excluding carboxylic acids is 1. The molecule has 0 aromatic heterocycles. The normalized spacial score (nSPS) is 12.1. The molecule has 4 nitrogen and oxygen atoms in total. The summed E-state index contributed by atoms with van der Waals surface area (Å²) >= 11 is 0. The van der Waals surface area contributed by atoms with Crippen molar-refractivity contribution in [2.24, 2.45) is 10.9 Å². The van der Waals surface area contributed by atoms with Crippen molar-refractivity contribution in [2.75, 3.05) is 6.61 Å². The number of carbonyl (C=O) groups is 1. The molecule has 0 fully saturated rings. The monoisotopic (exact) mass is 272 g/mol. The quantitative estimate of drug-likeness (QED) is 0.590. The summed E-state index contributed by atoms with van der Waals surface area (Å²) in [5.41, 5.74) is 3.09. The van der Waals surface area contributed by atoms with Crippen LogP contribution in [0.15, 0.2) is 23.2 Å². The number of ether oxygens (including phenoxy) is 1. The first kappa shape index (κ1) is 15.9. The number of hydrogen-bond acceptors (Lipinski definition) is 4. The lowest BCUT2D eigenvalue weighted by atomic mass is 10.0. The Morgan fingerprint density at radius 3 is 2.40 bits per heavy atom. The van der Waals surface area contributed by atoms with Gasteiger partial charge in [-0.2, -0.15) is 5.26 Å². The fraction of sp³-hybridized carbons (Fsp3) is 0.438. The molecular formula is C16H20N2O2. The predicted octanol–water partition coefficient (Wildman–Crippen LogP) is 3.22. The summed E-state index contributed by atoms with van der Waals surface area (Å²) in [6.07, 6.45) is 3.10. The minimum Gasteiger partial charge on any atom is -0.465 e. The SMILES string of the molecule is CCOC(=O)C(C#N)C=Nc1c(CC)cccc1CC. The number of nitriles is 1. The van der Waals surface area contributed by atoms with E-state index in [-0.39, 0.29) is 6.61 Å². The molecule has 0 N–H and O–H groups in total. The third kappa shape index (κ3) is 3.92. The highest BCUT2D eigenvalue weighted by atomic mass is 16.5. The first-order valence-corrected chi connectivity index (χ1v) is 6.89. The van der Waals surface area contributed by atoms with Gasteiger partial charge in [-0.05, 0) is 30.9 Å². The molecule has 0 saturated heterocycles. The Hall–Kier alpha value is -2.15. The van der Waals surface area contributed by atoms with Gasteiger partial charge in [0.05, 0.1) is 18.4 Å². The van der Waals surface area contributed by atoms with E-state index >= 15 is 0 Å². The molecule has 0 saturated carbocycles. The fourth-order valence-electron chi connectivity index (χ4n) is 1.91. The lowest BCUT2D eigenvalue weighted by Crippen LogP contribution is -2.17. The highest BCUT2D eigenvalue weighted by Crippen LogP contribution is 2.25. The first-order chi connectivity index (χ1) is 9.67. The van der Waals surface area contributed by atoms with Crippen molar-refractivity contribution in [1.29, 1.82) is 5.26 Å². The summed E-state index contributed by atoms with van der Waals surface area (Å²) in [5, 5.41) is 9.01. The van der Waals surface area contributed by atoms with Gasteiger partial charge in [0.2, 0.25) is 0 Å². The van der Waals surface area contributed by atoms with E-state index in [0.29, 0.717) is 0 Å². The number of aryl methyl sites for hydroxylation is 2. The first-order valence-electron chi connectivity index (χ1n) is 6.89. The highest BCUT2D eigenvalue weighted by molar-refractivity contribution is 5.93. The van der Waals surface area contributed by atoms with Gasteiger partial charge in [-0.25, -0.2) is 0 Å². The van der Waals surface area contributed by atoms with Crippen LogP contribution in [-0.4, -0.2) is 18.8 Å². The number of benzene rings is 1. The van der Waals surface area contributed by atoms with Crippen LogP contribution in [0.5, 0.6) is 0 Å². The Morgan fingerprint density at radius 2 is 1.95 bits per heavy atom. The van der Waals surface area contributed by atoms with Crippen LogP contribution in [0, 0.1) is 17.2 Å². The molecule has 0 aliphatic carbocycles. The molecule has 20 heavy (non-hydrogen) atoms. The maximum absolute atomic E-state index is 11.6. The lowest BCUT2D eigenvalue weighted by Gasteiger charge is -2.09. The van der Waals surface area contributed by atoms with Crippen LogP contribution < -0.4 is 0 Å². The molecule has 106 valence electrons. The lowest BCUT2D eigenvalue weighted by molar-refractivity contribution is -0.143. The summed E-state index contributed by atoms with van der Waals surface area (Å²) in [4.78, 5) is 15.9. The average Bonchev–Trinajstić information content (AvgIpc) is 2.47. The minimum atomic E-state index is -0.954. The largest absolute Gasteiger partial charge is 0.465 e. The Balaban J connectivity index is 3.05. The molecule has 0 radical (unpaired) electrons. The molecule has 0 amide bonds. The van der Waals surface area contributed by atoms with E-state index < -0.39 is 11.9 Å². The third-order valence-electron chi connectivity index (χ3n) is 3.00. The second-order valence-electron chi connectivity index (χ2n) is 4.27. The van der Waals surface area contributed by atoms with Gasteiger partial charge in [-0.1, -0.05) is 32.0 Å². The molecule has 4 heteroatoms. The minimum absolute atomic E-state index is 0.261. The Kier molecular flexibility index (Phi) is 6.45. The van der Waals surface area contributed by atoms with Crippen LogP contribution in [0.4, 0.5) is 5.69 Å². The van der Waals surface area contributed by atoms with E-state index in [4.69, 9.17) is 10.00 Å². The zero-order chi connectivity index (χ0) is 15.0. The predicted molar refractivity (Wildman–Crippen MR) is 79.1 cm³/mol. The molecule has 1 aromatic carbocycles. The molecule has 1 unspecified atom stereocenters. The van der Waals surface area contributed by atoms with Gasteiger partial charge in [0, 0.05) is 6.21 Å². The van der Waals surface area contributed by atoms with Crippen LogP contribution in [0.2, 0.25) is 0 Å². The highest BCUT2D eigenvalue weighted by Gasteiger charge is 2.16. The van der Waals surface area contributed by atoms with Gasteiger partial charge in [-0.15, -0.1) is 0 Å². The van der Waals surface area contributed by atoms with Crippen LogP contribution in [0.1, 0.15) is 31.9 Å². The summed E-state index contributed by atoms with van der Waals surface area (Å²) < 4.78 is 4.84. The van der Waals surface area contributed by atoms with Crippen molar-refractivity contribution in [3.05, 3.63) is 29.3 Å². The van der Waals surface area contributed by atoms with E-state index in [1.807, 2.05) is 24.3 Å². The summed E-state index contributed by atoms with van der Waals surface area (Å²) in [6, 6.07) is 7.93. The smallest absolute Gasteiger partial charge is 0.328 e. The van der Waals surface area contributed by atoms with Gasteiger partial charge >= 0.3 is 5.97 Å². The second kappa shape index (κ2) is 8.11. The van der Waals surface area contributed by atoms with Gasteiger partial charge in [0.15, 0.2) is 5.92 Å². The molecule has 0 bridgehead atoms. The molecule has 0 heterocycles. The van der Waals surface area contributed by atoms with Crippen molar-refractivity contribution in [3.63, 3.8) is 0 Å². The number of aliphatic imine (C=N–C) groups is 1. The zero-order valence-corrected chi connectivity index (χ0v) is 12.2. The van der Waals surface area contributed by atoms with Crippen molar-refractivity contribution in [1.82, 2.24) is 0 Å². The van der Waals surface area contributed by atoms with Gasteiger partial charge in [-0.3, -0.25) is 9.79 Å². The van der Waals surface area contributed by atoms with Gasteiger partial charge in [0.1, 0.15) is 0 Å². The van der Waals surface area contributed by atoms with Crippen LogP contribution >= 0.6 is 0 Å². The van der Waals surface area contributed by atoms with E-state index in [0.717, 1.165) is 29.7 Å². The maximum atomic E-state index is 11.6. The van der Waals surface area contributed by atoms with Crippen molar-refractivity contribution >= 4 is 17.9 Å². The average molecular weight is 272 g/mol.